The van der Waals surface area contributed by atoms with Crippen molar-refractivity contribution in [1.82, 2.24) is 4.90 Å². The fourth-order valence-electron chi connectivity index (χ4n) is 2.67. The molecule has 0 aliphatic heterocycles. The molecule has 0 radical (unpaired) electrons. The monoisotopic (exact) mass is 283 g/mol. The molecule has 1 aliphatic carbocycles. The predicted molar refractivity (Wildman–Crippen MR) is 71.5 cm³/mol. The average Bonchev–Trinajstić information content (AvgIpc) is 2.92. The predicted octanol–water partition coefficient (Wildman–Crippen LogP) is 3.13. The molecule has 0 N–H and O–H groups in total. The van der Waals surface area contributed by atoms with Crippen LogP contribution in [0.25, 0.3) is 0 Å². The van der Waals surface area contributed by atoms with Crippen molar-refractivity contribution in [2.75, 3.05) is 13.2 Å². The Bertz CT molecular complexity index is 473. The molecule has 1 amide bonds. The number of nitrogens with zero attached hydrogens (tertiary/aromatic N) is 1. The number of halogens is 2. The maximum absolute atomic E-state index is 13.4. The largest absolute Gasteiger partial charge is 0.481 e. The first kappa shape index (κ1) is 14.8. The number of carbonyl (C=O) groups excluding carboxylic acids is 1. The topological polar surface area (TPSA) is 29.5 Å². The van der Waals surface area contributed by atoms with Crippen LogP contribution in [-0.2, 0) is 4.79 Å². The smallest absolute Gasteiger partial charge is 0.260 e. The molecule has 1 fully saturated rings. The minimum absolute atomic E-state index is 0.0952. The van der Waals surface area contributed by atoms with Gasteiger partial charge >= 0.3 is 0 Å². The van der Waals surface area contributed by atoms with Gasteiger partial charge in [0.2, 0.25) is 0 Å². The van der Waals surface area contributed by atoms with Crippen LogP contribution in [0.2, 0.25) is 0 Å². The maximum atomic E-state index is 13.4. The molecule has 1 saturated carbocycles. The molecule has 20 heavy (non-hydrogen) atoms. The standard InChI is InChI=1S/C15H19F2NO2/c1-2-18(12-5-3-4-6-12)15(19)10-20-14-8-7-11(16)9-13(14)17/h7-9,12H,2-6,10H2,1H3. The van der Waals surface area contributed by atoms with E-state index in [2.05, 4.69) is 0 Å². The number of amides is 1. The molecule has 1 aromatic carbocycles. The fourth-order valence-corrected chi connectivity index (χ4v) is 2.67. The lowest BCUT2D eigenvalue weighted by molar-refractivity contribution is -0.135. The van der Waals surface area contributed by atoms with E-state index in [1.807, 2.05) is 6.92 Å². The molecule has 0 spiro atoms. The summed E-state index contributed by atoms with van der Waals surface area (Å²) >= 11 is 0. The average molecular weight is 283 g/mol. The lowest BCUT2D eigenvalue weighted by Gasteiger charge is -2.27. The number of hydrogen-bond donors (Lipinski definition) is 0. The molecule has 0 aromatic heterocycles. The fraction of sp³-hybridized carbons (Fsp3) is 0.533. The summed E-state index contributed by atoms with van der Waals surface area (Å²) in [5.74, 6) is -1.70. The molecule has 5 heteroatoms. The van der Waals surface area contributed by atoms with Gasteiger partial charge in [-0.15, -0.1) is 0 Å². The molecule has 1 aliphatic rings. The van der Waals surface area contributed by atoms with Gasteiger partial charge in [0, 0.05) is 18.7 Å². The van der Waals surface area contributed by atoms with Gasteiger partial charge in [-0.3, -0.25) is 4.79 Å². The minimum Gasteiger partial charge on any atom is -0.481 e. The van der Waals surface area contributed by atoms with Crippen molar-refractivity contribution >= 4 is 5.91 Å². The second kappa shape index (κ2) is 6.68. The lowest BCUT2D eigenvalue weighted by atomic mass is 10.2. The third-order valence-electron chi connectivity index (χ3n) is 3.67. The summed E-state index contributed by atoms with van der Waals surface area (Å²) in [4.78, 5) is 13.9. The van der Waals surface area contributed by atoms with Gasteiger partial charge < -0.3 is 9.64 Å². The van der Waals surface area contributed by atoms with Crippen molar-refractivity contribution in [3.8, 4) is 5.75 Å². The van der Waals surface area contributed by atoms with Gasteiger partial charge in [0.1, 0.15) is 5.82 Å². The highest BCUT2D eigenvalue weighted by molar-refractivity contribution is 5.78. The summed E-state index contributed by atoms with van der Waals surface area (Å²) in [6, 6.07) is 3.32. The Morgan fingerprint density at radius 1 is 1.35 bits per heavy atom. The molecule has 0 saturated heterocycles. The van der Waals surface area contributed by atoms with E-state index in [0.717, 1.165) is 37.8 Å². The van der Waals surface area contributed by atoms with E-state index >= 15 is 0 Å². The van der Waals surface area contributed by atoms with Crippen molar-refractivity contribution in [2.45, 2.75) is 38.6 Å². The number of rotatable bonds is 5. The quantitative estimate of drug-likeness (QED) is 0.831. The summed E-state index contributed by atoms with van der Waals surface area (Å²) in [5.41, 5.74) is 0. The Morgan fingerprint density at radius 2 is 2.05 bits per heavy atom. The van der Waals surface area contributed by atoms with Gasteiger partial charge in [-0.2, -0.15) is 0 Å². The van der Waals surface area contributed by atoms with E-state index in [1.54, 1.807) is 4.90 Å². The minimum atomic E-state index is -0.790. The summed E-state index contributed by atoms with van der Waals surface area (Å²) in [6.07, 6.45) is 4.32. The van der Waals surface area contributed by atoms with Crippen LogP contribution >= 0.6 is 0 Å². The zero-order valence-corrected chi connectivity index (χ0v) is 11.6. The van der Waals surface area contributed by atoms with Gasteiger partial charge in [-0.25, -0.2) is 8.78 Å². The van der Waals surface area contributed by atoms with Crippen LogP contribution in [0.3, 0.4) is 0 Å². The molecule has 3 nitrogen and oxygen atoms in total. The number of carbonyl (C=O) groups is 1. The molecule has 1 aromatic rings. The number of benzene rings is 1. The molecular weight excluding hydrogens is 264 g/mol. The third kappa shape index (κ3) is 3.46. The zero-order chi connectivity index (χ0) is 14.5. The van der Waals surface area contributed by atoms with Crippen molar-refractivity contribution < 1.29 is 18.3 Å². The van der Waals surface area contributed by atoms with Gasteiger partial charge in [-0.05, 0) is 31.9 Å². The lowest BCUT2D eigenvalue weighted by Crippen LogP contribution is -2.41. The van der Waals surface area contributed by atoms with Crippen LogP contribution in [0.4, 0.5) is 8.78 Å². The first-order valence-electron chi connectivity index (χ1n) is 6.99. The van der Waals surface area contributed by atoms with Crippen LogP contribution in [0.15, 0.2) is 18.2 Å². The highest BCUT2D eigenvalue weighted by atomic mass is 19.1. The normalized spacial score (nSPS) is 15.3. The Hall–Kier alpha value is -1.65. The highest BCUT2D eigenvalue weighted by Crippen LogP contribution is 2.24. The van der Waals surface area contributed by atoms with Gasteiger partial charge in [0.25, 0.3) is 5.91 Å². The molecule has 0 heterocycles. The first-order chi connectivity index (χ1) is 9.61. The van der Waals surface area contributed by atoms with E-state index in [9.17, 15) is 13.6 Å². The molecule has 2 rings (SSSR count). The van der Waals surface area contributed by atoms with Crippen LogP contribution < -0.4 is 4.74 Å². The van der Waals surface area contributed by atoms with E-state index < -0.39 is 11.6 Å². The molecule has 0 bridgehead atoms. The van der Waals surface area contributed by atoms with Crippen molar-refractivity contribution in [3.63, 3.8) is 0 Å². The third-order valence-corrected chi connectivity index (χ3v) is 3.67. The molecule has 0 atom stereocenters. The zero-order valence-electron chi connectivity index (χ0n) is 11.6. The summed E-state index contributed by atoms with van der Waals surface area (Å²) in [5, 5.41) is 0. The second-order valence-electron chi connectivity index (χ2n) is 4.98. The summed E-state index contributed by atoms with van der Waals surface area (Å²) in [7, 11) is 0. The van der Waals surface area contributed by atoms with Crippen LogP contribution in [0.1, 0.15) is 32.6 Å². The summed E-state index contributed by atoms with van der Waals surface area (Å²) < 4.78 is 31.3. The van der Waals surface area contributed by atoms with Gasteiger partial charge in [-0.1, -0.05) is 12.8 Å². The Balaban J connectivity index is 1.93. The van der Waals surface area contributed by atoms with Crippen LogP contribution in [0.5, 0.6) is 5.75 Å². The van der Waals surface area contributed by atoms with Crippen molar-refractivity contribution in [2.24, 2.45) is 0 Å². The van der Waals surface area contributed by atoms with E-state index in [1.165, 1.54) is 6.07 Å². The number of likely N-dealkylation sites (N-methyl/N-ethyl adjacent to an activating group) is 1. The van der Waals surface area contributed by atoms with Gasteiger partial charge in [0.15, 0.2) is 18.2 Å². The van der Waals surface area contributed by atoms with E-state index in [4.69, 9.17) is 4.74 Å². The van der Waals surface area contributed by atoms with Crippen molar-refractivity contribution in [3.05, 3.63) is 29.8 Å². The SMILES string of the molecule is CCN(C(=O)COc1ccc(F)cc1F)C1CCCC1. The van der Waals surface area contributed by atoms with Gasteiger partial charge in [0.05, 0.1) is 0 Å². The van der Waals surface area contributed by atoms with E-state index in [-0.39, 0.29) is 24.3 Å². The van der Waals surface area contributed by atoms with Crippen molar-refractivity contribution in [1.29, 1.82) is 0 Å². The first-order valence-corrected chi connectivity index (χ1v) is 6.99. The Morgan fingerprint density at radius 3 is 2.65 bits per heavy atom. The number of hydrogen-bond acceptors (Lipinski definition) is 2. The highest BCUT2D eigenvalue weighted by Gasteiger charge is 2.25. The maximum Gasteiger partial charge on any atom is 0.260 e. The molecule has 0 unspecified atom stereocenters. The van der Waals surface area contributed by atoms with E-state index in [0.29, 0.717) is 6.54 Å². The molecule has 110 valence electrons. The second-order valence-corrected chi connectivity index (χ2v) is 4.98. The molecular formula is C15H19F2NO2. The van der Waals surface area contributed by atoms with Crippen LogP contribution in [-0.4, -0.2) is 30.0 Å². The number of ether oxygens (including phenoxy) is 1. The summed E-state index contributed by atoms with van der Waals surface area (Å²) in [6.45, 7) is 2.33. The van der Waals surface area contributed by atoms with Crippen LogP contribution in [0, 0.1) is 11.6 Å². The Labute approximate surface area is 117 Å². The Kier molecular flexibility index (Phi) is 4.93.